The normalized spacial score (nSPS) is 17.5. The molecule has 1 aliphatic heterocycles. The van der Waals surface area contributed by atoms with Crippen LogP contribution >= 0.6 is 7.82 Å². The fraction of sp³-hybridized carbons (Fsp3) is 0.400. The van der Waals surface area contributed by atoms with E-state index in [4.69, 9.17) is 42.9 Å². The lowest BCUT2D eigenvalue weighted by atomic mass is 9.71. The summed E-state index contributed by atoms with van der Waals surface area (Å²) in [5.41, 5.74) is 2.42. The summed E-state index contributed by atoms with van der Waals surface area (Å²) >= 11 is 0. The number of phosphoric acid groups is 1. The van der Waals surface area contributed by atoms with E-state index in [2.05, 4.69) is 30.1 Å². The topological polar surface area (TPSA) is 147 Å². The average molecular weight is 606 g/mol. The molecule has 12 heteroatoms. The van der Waals surface area contributed by atoms with Crippen LogP contribution < -0.4 is 23.7 Å². The second kappa shape index (κ2) is 14.7. The van der Waals surface area contributed by atoms with E-state index >= 15 is 0 Å². The van der Waals surface area contributed by atoms with Gasteiger partial charge in [0.25, 0.3) is 0 Å². The first-order valence-electron chi connectivity index (χ1n) is 13.3. The molecule has 2 atom stereocenters. The molecule has 3 aromatic rings. The Morgan fingerprint density at radius 2 is 1.40 bits per heavy atom. The van der Waals surface area contributed by atoms with Crippen LogP contribution in [0.15, 0.2) is 60.7 Å². The summed E-state index contributed by atoms with van der Waals surface area (Å²) in [6.07, 6.45) is 1.46. The van der Waals surface area contributed by atoms with E-state index in [-0.39, 0.29) is 0 Å². The maximum Gasteiger partial charge on any atom is 0.466 e. The van der Waals surface area contributed by atoms with Gasteiger partial charge < -0.3 is 48.4 Å². The minimum Gasteiger partial charge on any atom is -0.493 e. The van der Waals surface area contributed by atoms with Crippen molar-refractivity contribution in [2.24, 2.45) is 0 Å². The number of hydrogen-bond donors (Lipinski definition) is 4. The number of methoxy groups -OCH3 is 4. The Morgan fingerprint density at radius 3 is 2.00 bits per heavy atom. The molecule has 0 spiro atoms. The first-order valence-corrected chi connectivity index (χ1v) is 14.9. The number of benzene rings is 3. The van der Waals surface area contributed by atoms with E-state index in [0.29, 0.717) is 23.7 Å². The van der Waals surface area contributed by atoms with Gasteiger partial charge in [-0.25, -0.2) is 4.57 Å². The molecule has 1 heterocycles. The van der Waals surface area contributed by atoms with Gasteiger partial charge in [-0.2, -0.15) is 0 Å². The van der Waals surface area contributed by atoms with Crippen LogP contribution in [0, 0.1) is 0 Å². The lowest BCUT2D eigenvalue weighted by Crippen LogP contribution is -2.40. The van der Waals surface area contributed by atoms with E-state index in [1.54, 1.807) is 34.5 Å². The molecule has 0 fully saturated rings. The SMILES string of the molecule is COc1ccc(CCN(C)CCCC2(c3ccccc3)c3cc(OC)c(OC)cc3OC2O)cc1OC.O=P(O)(O)O. The summed E-state index contributed by atoms with van der Waals surface area (Å²) in [5.74, 6) is 3.29. The molecule has 0 bridgehead atoms. The Balaban J connectivity index is 0.000000892. The zero-order valence-corrected chi connectivity index (χ0v) is 25.4. The van der Waals surface area contributed by atoms with Crippen molar-refractivity contribution in [2.75, 3.05) is 48.6 Å². The molecule has 0 saturated carbocycles. The minimum atomic E-state index is -4.64. The summed E-state index contributed by atoms with van der Waals surface area (Å²) in [6.45, 7) is 1.77. The lowest BCUT2D eigenvalue weighted by molar-refractivity contribution is -0.0469. The van der Waals surface area contributed by atoms with Gasteiger partial charge in [0.15, 0.2) is 23.0 Å². The number of ether oxygens (including phenoxy) is 5. The number of fused-ring (bicyclic) bond motifs is 1. The van der Waals surface area contributed by atoms with Crippen molar-refractivity contribution in [1.29, 1.82) is 0 Å². The fourth-order valence-corrected chi connectivity index (χ4v) is 5.19. The summed E-state index contributed by atoms with van der Waals surface area (Å²) in [6, 6.07) is 19.9. The zero-order valence-electron chi connectivity index (χ0n) is 24.5. The number of hydrogen-bond acceptors (Lipinski definition) is 8. The minimum absolute atomic E-state index is 0.576. The van der Waals surface area contributed by atoms with Crippen LogP contribution in [0.4, 0.5) is 0 Å². The van der Waals surface area contributed by atoms with E-state index < -0.39 is 19.5 Å². The summed E-state index contributed by atoms with van der Waals surface area (Å²) in [7, 11) is 4.00. The standard InChI is InChI=1S/C30H37NO6.H3O4P/c1-31(17-14-21-12-13-24(33-2)26(18-21)34-3)16-9-15-30(22-10-7-6-8-11-22)23-19-27(35-4)28(36-5)20-25(23)37-29(30)32;1-5(2,3)4/h6-8,10-13,18-20,29,32H,9,14-17H2,1-5H3;(H3,1,2,3,4). The van der Waals surface area contributed by atoms with Gasteiger partial charge in [0, 0.05) is 18.2 Å². The lowest BCUT2D eigenvalue weighted by Gasteiger charge is -2.33. The van der Waals surface area contributed by atoms with Gasteiger partial charge >= 0.3 is 7.82 Å². The number of aliphatic hydroxyl groups is 1. The second-order valence-corrected chi connectivity index (χ2v) is 10.9. The largest absolute Gasteiger partial charge is 0.493 e. The first-order chi connectivity index (χ1) is 20.0. The van der Waals surface area contributed by atoms with Crippen molar-refractivity contribution in [1.82, 2.24) is 4.90 Å². The highest BCUT2D eigenvalue weighted by Crippen LogP contribution is 2.52. The Kier molecular flexibility index (Phi) is 11.6. The van der Waals surface area contributed by atoms with Crippen LogP contribution in [-0.4, -0.2) is 79.6 Å². The van der Waals surface area contributed by atoms with Gasteiger partial charge in [-0.3, -0.25) is 0 Å². The quantitative estimate of drug-likeness (QED) is 0.224. The van der Waals surface area contributed by atoms with Crippen molar-refractivity contribution >= 4 is 7.82 Å². The van der Waals surface area contributed by atoms with Gasteiger partial charge in [-0.05, 0) is 62.2 Å². The molecule has 0 aromatic heterocycles. The van der Waals surface area contributed by atoms with Crippen molar-refractivity contribution in [3.63, 3.8) is 0 Å². The third kappa shape index (κ3) is 8.16. The maximum atomic E-state index is 11.3. The van der Waals surface area contributed by atoms with Crippen molar-refractivity contribution in [3.8, 4) is 28.7 Å². The predicted octanol–water partition coefficient (Wildman–Crippen LogP) is 3.74. The summed E-state index contributed by atoms with van der Waals surface area (Å²) < 4.78 is 36.7. The van der Waals surface area contributed by atoms with E-state index in [0.717, 1.165) is 48.6 Å². The molecule has 11 nitrogen and oxygen atoms in total. The Morgan fingerprint density at radius 1 is 0.833 bits per heavy atom. The van der Waals surface area contributed by atoms with Gasteiger partial charge in [0.05, 0.1) is 33.9 Å². The Bertz CT molecular complexity index is 1340. The molecule has 230 valence electrons. The van der Waals surface area contributed by atoms with Crippen LogP contribution in [0.1, 0.15) is 29.5 Å². The second-order valence-electron chi connectivity index (χ2n) is 9.87. The van der Waals surface area contributed by atoms with Crippen LogP contribution in [-0.2, 0) is 16.4 Å². The molecule has 0 amide bonds. The third-order valence-corrected chi connectivity index (χ3v) is 7.26. The highest BCUT2D eigenvalue weighted by atomic mass is 31.2. The highest BCUT2D eigenvalue weighted by molar-refractivity contribution is 7.45. The number of nitrogens with zero attached hydrogens (tertiary/aromatic N) is 1. The summed E-state index contributed by atoms with van der Waals surface area (Å²) in [4.78, 5) is 23.9. The highest BCUT2D eigenvalue weighted by Gasteiger charge is 2.50. The average Bonchev–Trinajstić information content (AvgIpc) is 3.25. The van der Waals surface area contributed by atoms with Crippen LogP contribution in [0.25, 0.3) is 0 Å². The van der Waals surface area contributed by atoms with E-state index in [9.17, 15) is 5.11 Å². The molecule has 4 rings (SSSR count). The van der Waals surface area contributed by atoms with Crippen molar-refractivity contribution in [3.05, 3.63) is 77.4 Å². The molecule has 0 aliphatic carbocycles. The van der Waals surface area contributed by atoms with Gasteiger partial charge in [-0.1, -0.05) is 36.4 Å². The molecule has 2 unspecified atom stereocenters. The smallest absolute Gasteiger partial charge is 0.466 e. The first kappa shape index (κ1) is 33.2. The molecule has 4 N–H and O–H groups in total. The van der Waals surface area contributed by atoms with Crippen molar-refractivity contribution in [2.45, 2.75) is 31.0 Å². The number of aliphatic hydroxyl groups excluding tert-OH is 1. The molecule has 3 aromatic carbocycles. The predicted molar refractivity (Wildman–Crippen MR) is 158 cm³/mol. The van der Waals surface area contributed by atoms with Gasteiger partial charge in [-0.15, -0.1) is 0 Å². The number of likely N-dealkylation sites (N-methyl/N-ethyl adjacent to an activating group) is 1. The maximum absolute atomic E-state index is 11.3. The third-order valence-electron chi connectivity index (χ3n) is 7.26. The van der Waals surface area contributed by atoms with E-state index in [1.807, 2.05) is 36.4 Å². The molecule has 1 aliphatic rings. The monoisotopic (exact) mass is 605 g/mol. The summed E-state index contributed by atoms with van der Waals surface area (Å²) in [5, 5.41) is 11.3. The Hall–Kier alpha value is -3.31. The molecule has 0 saturated heterocycles. The molecular formula is C30H40NO10P. The van der Waals surface area contributed by atoms with Crippen molar-refractivity contribution < 1.29 is 48.0 Å². The molecular weight excluding hydrogens is 565 g/mol. The van der Waals surface area contributed by atoms with Gasteiger partial charge in [0.1, 0.15) is 5.75 Å². The number of rotatable bonds is 12. The zero-order chi connectivity index (χ0) is 30.9. The fourth-order valence-electron chi connectivity index (χ4n) is 5.19. The van der Waals surface area contributed by atoms with Crippen LogP contribution in [0.5, 0.6) is 28.7 Å². The van der Waals surface area contributed by atoms with Crippen LogP contribution in [0.3, 0.4) is 0 Å². The Labute approximate surface area is 246 Å². The molecule has 0 radical (unpaired) electrons. The molecule has 42 heavy (non-hydrogen) atoms. The van der Waals surface area contributed by atoms with Gasteiger partial charge in [0.2, 0.25) is 6.29 Å². The van der Waals surface area contributed by atoms with E-state index in [1.165, 1.54) is 5.56 Å². The van der Waals surface area contributed by atoms with Crippen LogP contribution in [0.2, 0.25) is 0 Å².